The first kappa shape index (κ1) is 19.4. The number of hydrogen-bond acceptors (Lipinski definition) is 5. The van der Waals surface area contributed by atoms with Gasteiger partial charge in [-0.15, -0.1) is 0 Å². The highest BCUT2D eigenvalue weighted by Gasteiger charge is 2.42. The van der Waals surface area contributed by atoms with Gasteiger partial charge in [-0.05, 0) is 18.1 Å². The zero-order valence-corrected chi connectivity index (χ0v) is 15.9. The minimum absolute atomic E-state index is 0.00825. The molecule has 0 aliphatic carbocycles. The van der Waals surface area contributed by atoms with E-state index in [1.807, 2.05) is 0 Å². The lowest BCUT2D eigenvalue weighted by molar-refractivity contribution is 0.0155. The molecule has 1 fully saturated rings. The van der Waals surface area contributed by atoms with Crippen molar-refractivity contribution in [3.05, 3.63) is 0 Å². The van der Waals surface area contributed by atoms with E-state index in [4.69, 9.17) is 8.61 Å². The fourth-order valence-corrected chi connectivity index (χ4v) is 4.15. The van der Waals surface area contributed by atoms with Crippen molar-refractivity contribution in [3.63, 3.8) is 0 Å². The molecule has 0 bridgehead atoms. The van der Waals surface area contributed by atoms with Crippen molar-refractivity contribution in [2.75, 3.05) is 19.3 Å². The summed E-state index contributed by atoms with van der Waals surface area (Å²) in [6, 6.07) is 0. The van der Waals surface area contributed by atoms with E-state index < -0.39 is 30.6 Å². The van der Waals surface area contributed by atoms with Gasteiger partial charge in [-0.1, -0.05) is 20.8 Å². The van der Waals surface area contributed by atoms with Crippen LogP contribution < -0.4 is 0 Å². The Hall–Kier alpha value is -0.643. The van der Waals surface area contributed by atoms with Gasteiger partial charge in [0, 0.05) is 13.0 Å². The Morgan fingerprint density at radius 2 is 1.73 bits per heavy atom. The maximum Gasteiger partial charge on any atom is 0.407 e. The molecule has 0 aromatic heterocycles. The number of piperidine rings is 1. The second-order valence-electron chi connectivity index (χ2n) is 7.35. The van der Waals surface area contributed by atoms with E-state index in [1.54, 1.807) is 0 Å². The molecular formula is C13H27NO6SSi. The van der Waals surface area contributed by atoms with Gasteiger partial charge < -0.3 is 14.4 Å². The minimum atomic E-state index is -3.63. The van der Waals surface area contributed by atoms with Crippen molar-refractivity contribution in [2.24, 2.45) is 0 Å². The summed E-state index contributed by atoms with van der Waals surface area (Å²) >= 11 is 0. The van der Waals surface area contributed by atoms with Crippen molar-refractivity contribution in [1.82, 2.24) is 4.90 Å². The molecule has 0 aromatic rings. The standard InChI is InChI=1S/C13H27NO6SSi/c1-13(2,3)22(5,6)20-11-7-10(19-21(4,17)18)8-14(9-11)12(15)16/h10-11H,7-9H2,1-6H3,(H,15,16)/t10-,11+/m0/s1. The van der Waals surface area contributed by atoms with Crippen LogP contribution in [-0.2, 0) is 18.7 Å². The molecule has 1 heterocycles. The zero-order valence-electron chi connectivity index (χ0n) is 14.1. The van der Waals surface area contributed by atoms with E-state index >= 15 is 0 Å². The van der Waals surface area contributed by atoms with Crippen LogP contribution in [0.2, 0.25) is 18.1 Å². The number of carbonyl (C=O) groups is 1. The van der Waals surface area contributed by atoms with Gasteiger partial charge in [0.2, 0.25) is 0 Å². The van der Waals surface area contributed by atoms with Crippen LogP contribution in [-0.4, -0.2) is 64.4 Å². The normalized spacial score (nSPS) is 24.4. The molecule has 0 radical (unpaired) electrons. The Bertz CT molecular complexity index is 513. The molecule has 1 saturated heterocycles. The number of nitrogens with zero attached hydrogens (tertiary/aromatic N) is 1. The Balaban J connectivity index is 2.87. The summed E-state index contributed by atoms with van der Waals surface area (Å²) in [4.78, 5) is 12.4. The molecule has 1 aliphatic heterocycles. The first-order chi connectivity index (χ1) is 9.71. The monoisotopic (exact) mass is 353 g/mol. The van der Waals surface area contributed by atoms with Gasteiger partial charge in [0.1, 0.15) is 0 Å². The van der Waals surface area contributed by atoms with Crippen LogP contribution in [0.3, 0.4) is 0 Å². The Labute approximate surface area is 133 Å². The molecule has 7 nitrogen and oxygen atoms in total. The van der Waals surface area contributed by atoms with Crippen LogP contribution in [0.4, 0.5) is 4.79 Å². The van der Waals surface area contributed by atoms with Gasteiger partial charge in [-0.3, -0.25) is 4.18 Å². The fraction of sp³-hybridized carbons (Fsp3) is 0.923. The van der Waals surface area contributed by atoms with E-state index in [2.05, 4.69) is 33.9 Å². The van der Waals surface area contributed by atoms with Gasteiger partial charge in [0.25, 0.3) is 10.1 Å². The van der Waals surface area contributed by atoms with Crippen LogP contribution in [0.25, 0.3) is 0 Å². The van der Waals surface area contributed by atoms with E-state index in [1.165, 1.54) is 0 Å². The summed E-state index contributed by atoms with van der Waals surface area (Å²) in [6.07, 6.45) is -0.794. The first-order valence-electron chi connectivity index (χ1n) is 7.25. The van der Waals surface area contributed by atoms with E-state index in [0.717, 1.165) is 11.2 Å². The smallest absolute Gasteiger partial charge is 0.407 e. The molecule has 130 valence electrons. The molecule has 1 aliphatic rings. The maximum atomic E-state index is 11.3. The van der Waals surface area contributed by atoms with Gasteiger partial charge in [-0.25, -0.2) is 4.79 Å². The zero-order chi connectivity index (χ0) is 17.3. The summed E-state index contributed by atoms with van der Waals surface area (Å²) in [5.41, 5.74) is 0. The number of amides is 1. The van der Waals surface area contributed by atoms with Crippen molar-refractivity contribution in [3.8, 4) is 0 Å². The molecule has 0 spiro atoms. The highest BCUT2D eigenvalue weighted by molar-refractivity contribution is 7.86. The third kappa shape index (κ3) is 5.53. The average molecular weight is 354 g/mol. The average Bonchev–Trinajstić information content (AvgIpc) is 2.23. The molecular weight excluding hydrogens is 326 g/mol. The van der Waals surface area contributed by atoms with Crippen molar-refractivity contribution in [2.45, 2.75) is 57.5 Å². The predicted molar refractivity (Wildman–Crippen MR) is 86.0 cm³/mol. The van der Waals surface area contributed by atoms with Crippen LogP contribution in [0.15, 0.2) is 0 Å². The summed E-state index contributed by atoms with van der Waals surface area (Å²) in [7, 11) is -5.70. The number of carboxylic acid groups (broad SMARTS) is 1. The lowest BCUT2D eigenvalue weighted by Gasteiger charge is -2.43. The molecule has 0 saturated carbocycles. The summed E-state index contributed by atoms with van der Waals surface area (Å²) in [5.74, 6) is 0. The van der Waals surface area contributed by atoms with Crippen molar-refractivity contribution < 1.29 is 26.9 Å². The quantitative estimate of drug-likeness (QED) is 0.614. The van der Waals surface area contributed by atoms with Crippen LogP contribution >= 0.6 is 0 Å². The van der Waals surface area contributed by atoms with E-state index in [-0.39, 0.29) is 24.2 Å². The Kier molecular flexibility index (Phi) is 5.70. The second-order valence-corrected chi connectivity index (χ2v) is 13.7. The van der Waals surface area contributed by atoms with Crippen molar-refractivity contribution >= 4 is 24.5 Å². The summed E-state index contributed by atoms with van der Waals surface area (Å²) in [6.45, 7) is 10.7. The largest absolute Gasteiger partial charge is 0.465 e. The van der Waals surface area contributed by atoms with E-state index in [9.17, 15) is 18.3 Å². The molecule has 1 amide bonds. The molecule has 2 atom stereocenters. The van der Waals surface area contributed by atoms with Crippen LogP contribution in [0.1, 0.15) is 27.2 Å². The van der Waals surface area contributed by atoms with Crippen molar-refractivity contribution in [1.29, 1.82) is 0 Å². The Morgan fingerprint density at radius 1 is 1.23 bits per heavy atom. The summed E-state index contributed by atoms with van der Waals surface area (Å²) < 4.78 is 33.8. The molecule has 1 N–H and O–H groups in total. The highest BCUT2D eigenvalue weighted by atomic mass is 32.2. The molecule has 1 rings (SSSR count). The highest BCUT2D eigenvalue weighted by Crippen LogP contribution is 2.38. The number of likely N-dealkylation sites (tertiary alicyclic amines) is 1. The first-order valence-corrected chi connectivity index (χ1v) is 12.0. The molecule has 9 heteroatoms. The lowest BCUT2D eigenvalue weighted by atomic mass is 10.1. The predicted octanol–water partition coefficient (Wildman–Crippen LogP) is 2.11. The van der Waals surface area contributed by atoms with Crippen LogP contribution in [0.5, 0.6) is 0 Å². The maximum absolute atomic E-state index is 11.3. The molecule has 0 aromatic carbocycles. The second kappa shape index (κ2) is 6.46. The van der Waals surface area contributed by atoms with Gasteiger partial charge in [0.15, 0.2) is 8.32 Å². The van der Waals surface area contributed by atoms with Gasteiger partial charge in [-0.2, -0.15) is 8.42 Å². The lowest BCUT2D eigenvalue weighted by Crippen LogP contribution is -2.54. The SMILES string of the molecule is CC(C)(C)[Si](C)(C)O[C@@H]1C[C@H](OS(C)(=O)=O)CN(C(=O)O)C1. The topological polar surface area (TPSA) is 93.1 Å². The van der Waals surface area contributed by atoms with Gasteiger partial charge >= 0.3 is 6.09 Å². The fourth-order valence-electron chi connectivity index (χ4n) is 2.16. The van der Waals surface area contributed by atoms with Gasteiger partial charge in [0.05, 0.1) is 25.0 Å². The number of hydrogen-bond donors (Lipinski definition) is 1. The van der Waals surface area contributed by atoms with Crippen LogP contribution in [0, 0.1) is 0 Å². The number of rotatable bonds is 4. The van der Waals surface area contributed by atoms with E-state index in [0.29, 0.717) is 6.42 Å². The summed E-state index contributed by atoms with van der Waals surface area (Å²) in [5, 5.41) is 9.20. The molecule has 0 unspecified atom stereocenters. The minimum Gasteiger partial charge on any atom is -0.465 e. The third-order valence-electron chi connectivity index (χ3n) is 4.22. The Morgan fingerprint density at radius 3 is 2.14 bits per heavy atom. The molecule has 22 heavy (non-hydrogen) atoms. The third-order valence-corrected chi connectivity index (χ3v) is 9.38.